The molecule has 0 saturated carbocycles. The maximum absolute atomic E-state index is 11.6. The van der Waals surface area contributed by atoms with Gasteiger partial charge in [0, 0.05) is 23.7 Å². The molecule has 1 aliphatic carbocycles. The lowest BCUT2D eigenvalue weighted by molar-refractivity contribution is -0.118. The molecule has 1 aliphatic rings. The maximum atomic E-state index is 11.6. The molecule has 1 aromatic rings. The van der Waals surface area contributed by atoms with Crippen molar-refractivity contribution < 1.29 is 4.79 Å². The fourth-order valence-electron chi connectivity index (χ4n) is 2.12. The second-order valence-corrected chi connectivity index (χ2v) is 4.79. The summed E-state index contributed by atoms with van der Waals surface area (Å²) >= 11 is 0. The Morgan fingerprint density at radius 3 is 2.65 bits per heavy atom. The molecule has 2 rings (SSSR count). The van der Waals surface area contributed by atoms with Crippen LogP contribution in [0.1, 0.15) is 38.3 Å². The van der Waals surface area contributed by atoms with E-state index in [4.69, 9.17) is 0 Å². The molecule has 0 aromatic heterocycles. The predicted molar refractivity (Wildman–Crippen MR) is 69.5 cm³/mol. The summed E-state index contributed by atoms with van der Waals surface area (Å²) in [5.74, 6) is 0.437. The third-order valence-corrected chi connectivity index (χ3v) is 3.35. The van der Waals surface area contributed by atoms with Crippen molar-refractivity contribution in [2.45, 2.75) is 32.7 Å². The Morgan fingerprint density at radius 2 is 2.00 bits per heavy atom. The second-order valence-electron chi connectivity index (χ2n) is 4.79. The fraction of sp³-hybridized carbons (Fsp3) is 0.400. The topological polar surface area (TPSA) is 29.1 Å². The number of benzene rings is 1. The van der Waals surface area contributed by atoms with Gasteiger partial charge in [0.2, 0.25) is 0 Å². The zero-order valence-corrected chi connectivity index (χ0v) is 10.4. The van der Waals surface area contributed by atoms with E-state index in [2.05, 4.69) is 24.4 Å². The molecule has 0 aliphatic heterocycles. The normalized spacial score (nSPS) is 21.9. The van der Waals surface area contributed by atoms with E-state index in [9.17, 15) is 4.79 Å². The van der Waals surface area contributed by atoms with Gasteiger partial charge in [-0.25, -0.2) is 0 Å². The average molecular weight is 229 g/mol. The van der Waals surface area contributed by atoms with Gasteiger partial charge in [0.1, 0.15) is 0 Å². The molecule has 1 N–H and O–H groups in total. The van der Waals surface area contributed by atoms with E-state index in [0.29, 0.717) is 0 Å². The molecular weight excluding hydrogens is 210 g/mol. The molecule has 0 spiro atoms. The molecule has 2 heteroatoms. The molecule has 0 amide bonds. The summed E-state index contributed by atoms with van der Waals surface area (Å²) in [5.41, 5.74) is 2.32. The third kappa shape index (κ3) is 2.96. The molecule has 0 heterocycles. The minimum atomic E-state index is 0.188. The number of nitrogens with one attached hydrogen (secondary N) is 1. The average Bonchev–Trinajstić information content (AvgIpc) is 2.35. The van der Waals surface area contributed by atoms with E-state index < -0.39 is 0 Å². The molecule has 2 nitrogen and oxygen atoms in total. The number of allylic oxidation sites excluding steroid dienone is 2. The van der Waals surface area contributed by atoms with Gasteiger partial charge in [-0.05, 0) is 25.3 Å². The summed E-state index contributed by atoms with van der Waals surface area (Å²) in [6.45, 7) is 4.12. The van der Waals surface area contributed by atoms with Crippen LogP contribution in [0.3, 0.4) is 0 Å². The Morgan fingerprint density at radius 1 is 1.29 bits per heavy atom. The summed E-state index contributed by atoms with van der Waals surface area (Å²) in [5, 5.41) is 3.43. The van der Waals surface area contributed by atoms with Gasteiger partial charge in [-0.15, -0.1) is 0 Å². The highest BCUT2D eigenvalue weighted by Gasteiger charge is 2.18. The molecule has 2 unspecified atom stereocenters. The zero-order chi connectivity index (χ0) is 12.3. The minimum Gasteiger partial charge on any atom is -0.382 e. The Bertz CT molecular complexity index is 422. The van der Waals surface area contributed by atoms with Gasteiger partial charge in [-0.3, -0.25) is 4.79 Å². The summed E-state index contributed by atoms with van der Waals surface area (Å²) in [7, 11) is 0. The first-order valence-corrected chi connectivity index (χ1v) is 6.22. The molecule has 0 saturated heterocycles. The van der Waals surface area contributed by atoms with E-state index in [1.54, 1.807) is 6.08 Å². The van der Waals surface area contributed by atoms with E-state index in [0.717, 1.165) is 18.5 Å². The van der Waals surface area contributed by atoms with Crippen LogP contribution in [0, 0.1) is 5.92 Å². The van der Waals surface area contributed by atoms with Gasteiger partial charge in [0.25, 0.3) is 0 Å². The third-order valence-electron chi connectivity index (χ3n) is 3.35. The van der Waals surface area contributed by atoms with E-state index >= 15 is 0 Å². The number of ketones is 1. The van der Waals surface area contributed by atoms with Crippen LogP contribution >= 0.6 is 0 Å². The van der Waals surface area contributed by atoms with Crippen LogP contribution in [-0.2, 0) is 4.79 Å². The molecular formula is C15H19NO. The van der Waals surface area contributed by atoms with Gasteiger partial charge in [0.05, 0.1) is 0 Å². The first kappa shape index (κ1) is 11.9. The highest BCUT2D eigenvalue weighted by Crippen LogP contribution is 2.21. The van der Waals surface area contributed by atoms with Crippen molar-refractivity contribution in [3.63, 3.8) is 0 Å². The van der Waals surface area contributed by atoms with Crippen molar-refractivity contribution in [1.82, 2.24) is 5.32 Å². The summed E-state index contributed by atoms with van der Waals surface area (Å²) in [6.07, 6.45) is 3.71. The van der Waals surface area contributed by atoms with E-state index in [1.807, 2.05) is 25.1 Å². The Labute approximate surface area is 103 Å². The molecule has 2 atom stereocenters. The first-order valence-electron chi connectivity index (χ1n) is 6.22. The van der Waals surface area contributed by atoms with Crippen LogP contribution in [-0.4, -0.2) is 5.78 Å². The lowest BCUT2D eigenvalue weighted by Crippen LogP contribution is -2.24. The lowest BCUT2D eigenvalue weighted by atomic mass is 9.92. The van der Waals surface area contributed by atoms with Crippen LogP contribution < -0.4 is 5.32 Å². The quantitative estimate of drug-likeness (QED) is 0.862. The minimum absolute atomic E-state index is 0.188. The number of rotatable bonds is 3. The highest BCUT2D eigenvalue weighted by atomic mass is 16.1. The molecule has 0 fully saturated rings. The number of carbonyl (C=O) groups excluding carboxylic acids is 1. The Kier molecular flexibility index (Phi) is 3.62. The van der Waals surface area contributed by atoms with Crippen molar-refractivity contribution in [3.8, 4) is 0 Å². The number of hydrogen-bond donors (Lipinski definition) is 1. The van der Waals surface area contributed by atoms with Gasteiger partial charge >= 0.3 is 0 Å². The van der Waals surface area contributed by atoms with Crippen LogP contribution in [0.5, 0.6) is 0 Å². The number of hydrogen-bond acceptors (Lipinski definition) is 2. The molecule has 0 bridgehead atoms. The van der Waals surface area contributed by atoms with Crippen LogP contribution in [0.2, 0.25) is 0 Å². The summed E-state index contributed by atoms with van der Waals surface area (Å²) in [6, 6.07) is 10.5. The van der Waals surface area contributed by atoms with Gasteiger partial charge in [0.15, 0.2) is 5.78 Å². The molecule has 1 aromatic carbocycles. The first-order chi connectivity index (χ1) is 8.16. The Hall–Kier alpha value is -1.57. The van der Waals surface area contributed by atoms with Crippen LogP contribution in [0.4, 0.5) is 0 Å². The lowest BCUT2D eigenvalue weighted by Gasteiger charge is -2.22. The maximum Gasteiger partial charge on any atom is 0.160 e. The predicted octanol–water partition coefficient (Wildman–Crippen LogP) is 3.22. The van der Waals surface area contributed by atoms with Crippen molar-refractivity contribution >= 4 is 5.78 Å². The van der Waals surface area contributed by atoms with Crippen molar-refractivity contribution in [3.05, 3.63) is 47.7 Å². The smallest absolute Gasteiger partial charge is 0.160 e. The summed E-state index contributed by atoms with van der Waals surface area (Å²) in [4.78, 5) is 11.6. The highest BCUT2D eigenvalue weighted by molar-refractivity contribution is 5.92. The second kappa shape index (κ2) is 5.17. The standard InChI is InChI=1S/C15H19NO/c1-11-8-9-14(10-15(11)17)16-12(2)13-6-4-3-5-7-13/h3-7,10-12,16H,8-9H2,1-2H3. The van der Waals surface area contributed by atoms with Crippen molar-refractivity contribution in [1.29, 1.82) is 0 Å². The van der Waals surface area contributed by atoms with E-state index in [-0.39, 0.29) is 17.7 Å². The molecule has 17 heavy (non-hydrogen) atoms. The van der Waals surface area contributed by atoms with Crippen LogP contribution in [0.25, 0.3) is 0 Å². The SMILES string of the molecule is CC1CCC(NC(C)c2ccccc2)=CC1=O. The van der Waals surface area contributed by atoms with Crippen LogP contribution in [0.15, 0.2) is 42.1 Å². The van der Waals surface area contributed by atoms with Crippen molar-refractivity contribution in [2.24, 2.45) is 5.92 Å². The van der Waals surface area contributed by atoms with E-state index in [1.165, 1.54) is 5.56 Å². The van der Waals surface area contributed by atoms with Crippen molar-refractivity contribution in [2.75, 3.05) is 0 Å². The number of carbonyl (C=O) groups is 1. The van der Waals surface area contributed by atoms with Gasteiger partial charge in [-0.2, -0.15) is 0 Å². The largest absolute Gasteiger partial charge is 0.382 e. The zero-order valence-electron chi connectivity index (χ0n) is 10.4. The molecule has 90 valence electrons. The molecule has 0 radical (unpaired) electrons. The van der Waals surface area contributed by atoms with Gasteiger partial charge < -0.3 is 5.32 Å². The monoisotopic (exact) mass is 229 g/mol. The Balaban J connectivity index is 2.03. The van der Waals surface area contributed by atoms with Gasteiger partial charge in [-0.1, -0.05) is 37.3 Å². The fourth-order valence-corrected chi connectivity index (χ4v) is 2.12. The summed E-state index contributed by atoms with van der Waals surface area (Å²) < 4.78 is 0.